The van der Waals surface area contributed by atoms with E-state index in [2.05, 4.69) is 4.74 Å². The number of ether oxygens (including phenoxy) is 1. The SMILES string of the molecule is OCc1cccn1-c1ccc(OC(F)(F)F)cc1. The molecule has 6 heteroatoms. The Morgan fingerprint density at radius 1 is 1.11 bits per heavy atom. The van der Waals surface area contributed by atoms with Crippen molar-refractivity contribution in [2.45, 2.75) is 13.0 Å². The van der Waals surface area contributed by atoms with Gasteiger partial charge in [0.2, 0.25) is 0 Å². The predicted octanol–water partition coefficient (Wildman–Crippen LogP) is 2.87. The maximum atomic E-state index is 12.0. The zero-order valence-electron chi connectivity index (χ0n) is 9.19. The van der Waals surface area contributed by atoms with Crippen molar-refractivity contribution in [3.05, 3.63) is 48.3 Å². The third kappa shape index (κ3) is 2.84. The lowest BCUT2D eigenvalue weighted by Gasteiger charge is -2.11. The predicted molar refractivity (Wildman–Crippen MR) is 58.4 cm³/mol. The molecule has 0 atom stereocenters. The van der Waals surface area contributed by atoms with Gasteiger partial charge in [0, 0.05) is 17.6 Å². The second kappa shape index (κ2) is 4.73. The molecule has 0 spiro atoms. The van der Waals surface area contributed by atoms with Crippen molar-refractivity contribution in [2.24, 2.45) is 0 Å². The summed E-state index contributed by atoms with van der Waals surface area (Å²) in [6, 6.07) is 8.89. The van der Waals surface area contributed by atoms with Crippen LogP contribution in [-0.2, 0) is 6.61 Å². The van der Waals surface area contributed by atoms with Gasteiger partial charge < -0.3 is 14.4 Å². The van der Waals surface area contributed by atoms with Gasteiger partial charge in [-0.1, -0.05) is 0 Å². The summed E-state index contributed by atoms with van der Waals surface area (Å²) >= 11 is 0. The van der Waals surface area contributed by atoms with Crippen molar-refractivity contribution in [3.63, 3.8) is 0 Å². The molecule has 18 heavy (non-hydrogen) atoms. The van der Waals surface area contributed by atoms with Crippen LogP contribution in [0.25, 0.3) is 5.69 Å². The van der Waals surface area contributed by atoms with E-state index < -0.39 is 6.36 Å². The summed E-state index contributed by atoms with van der Waals surface area (Å²) in [5.74, 6) is -0.274. The minimum atomic E-state index is -4.69. The number of aromatic nitrogens is 1. The number of aliphatic hydroxyl groups excluding tert-OH is 1. The molecule has 96 valence electrons. The van der Waals surface area contributed by atoms with Crippen LogP contribution in [0.15, 0.2) is 42.6 Å². The summed E-state index contributed by atoms with van der Waals surface area (Å²) in [4.78, 5) is 0. The Kier molecular flexibility index (Phi) is 3.29. The zero-order chi connectivity index (χ0) is 13.2. The smallest absolute Gasteiger partial charge is 0.406 e. The number of aliphatic hydroxyl groups is 1. The molecule has 0 unspecified atom stereocenters. The van der Waals surface area contributed by atoms with Gasteiger partial charge in [0.25, 0.3) is 0 Å². The highest BCUT2D eigenvalue weighted by atomic mass is 19.4. The minimum Gasteiger partial charge on any atom is -0.406 e. The van der Waals surface area contributed by atoms with Gasteiger partial charge in [0.15, 0.2) is 0 Å². The van der Waals surface area contributed by atoms with Crippen LogP contribution >= 0.6 is 0 Å². The maximum absolute atomic E-state index is 12.0. The van der Waals surface area contributed by atoms with E-state index in [1.165, 1.54) is 24.3 Å². The third-order valence-electron chi connectivity index (χ3n) is 2.34. The Balaban J connectivity index is 2.23. The van der Waals surface area contributed by atoms with Gasteiger partial charge in [0.1, 0.15) is 5.75 Å². The van der Waals surface area contributed by atoms with Crippen molar-refractivity contribution in [1.82, 2.24) is 4.57 Å². The van der Waals surface area contributed by atoms with Crippen LogP contribution in [0.4, 0.5) is 13.2 Å². The normalized spacial score (nSPS) is 11.6. The Hall–Kier alpha value is -1.95. The molecule has 1 N–H and O–H groups in total. The van der Waals surface area contributed by atoms with Crippen LogP contribution in [0.5, 0.6) is 5.75 Å². The monoisotopic (exact) mass is 257 g/mol. The first-order valence-corrected chi connectivity index (χ1v) is 5.13. The van der Waals surface area contributed by atoms with Crippen LogP contribution in [-0.4, -0.2) is 16.0 Å². The van der Waals surface area contributed by atoms with Gasteiger partial charge in [-0.05, 0) is 36.4 Å². The van der Waals surface area contributed by atoms with E-state index in [9.17, 15) is 13.2 Å². The van der Waals surface area contributed by atoms with Gasteiger partial charge >= 0.3 is 6.36 Å². The van der Waals surface area contributed by atoms with E-state index >= 15 is 0 Å². The lowest BCUT2D eigenvalue weighted by atomic mass is 10.3. The molecule has 2 rings (SSSR count). The first-order valence-electron chi connectivity index (χ1n) is 5.13. The Morgan fingerprint density at radius 2 is 1.78 bits per heavy atom. The standard InChI is InChI=1S/C12H10F3NO2/c13-12(14,15)18-11-5-3-9(4-6-11)16-7-1-2-10(16)8-17/h1-7,17H,8H2. The quantitative estimate of drug-likeness (QED) is 0.917. The number of hydrogen-bond acceptors (Lipinski definition) is 2. The molecule has 2 aromatic rings. The van der Waals surface area contributed by atoms with E-state index in [0.29, 0.717) is 11.4 Å². The average molecular weight is 257 g/mol. The number of halogens is 3. The van der Waals surface area contributed by atoms with E-state index in [1.807, 2.05) is 0 Å². The van der Waals surface area contributed by atoms with Gasteiger partial charge in [-0.15, -0.1) is 13.2 Å². The van der Waals surface area contributed by atoms with Crippen LogP contribution in [0.3, 0.4) is 0 Å². The lowest BCUT2D eigenvalue weighted by molar-refractivity contribution is -0.274. The van der Waals surface area contributed by atoms with Crippen molar-refractivity contribution in [3.8, 4) is 11.4 Å². The molecule has 1 aromatic carbocycles. The third-order valence-corrected chi connectivity index (χ3v) is 2.34. The van der Waals surface area contributed by atoms with Gasteiger partial charge in [-0.25, -0.2) is 0 Å². The lowest BCUT2D eigenvalue weighted by Crippen LogP contribution is -2.17. The van der Waals surface area contributed by atoms with Crippen LogP contribution < -0.4 is 4.74 Å². The zero-order valence-corrected chi connectivity index (χ0v) is 9.19. The second-order valence-electron chi connectivity index (χ2n) is 3.57. The summed E-state index contributed by atoms with van der Waals surface area (Å²) in [6.45, 7) is -0.145. The number of alkyl halides is 3. The highest BCUT2D eigenvalue weighted by Crippen LogP contribution is 2.24. The summed E-state index contributed by atoms with van der Waals surface area (Å²) in [5.41, 5.74) is 1.30. The van der Waals surface area contributed by atoms with Crippen LogP contribution in [0.1, 0.15) is 5.69 Å². The molecule has 3 nitrogen and oxygen atoms in total. The van der Waals surface area contributed by atoms with Crippen LogP contribution in [0, 0.1) is 0 Å². The molecule has 0 radical (unpaired) electrons. The molecule has 0 aliphatic rings. The molecule has 0 bridgehead atoms. The molecular formula is C12H10F3NO2. The van der Waals surface area contributed by atoms with Crippen LogP contribution in [0.2, 0.25) is 0 Å². The molecule has 0 aliphatic carbocycles. The minimum absolute atomic E-state index is 0.145. The highest BCUT2D eigenvalue weighted by Gasteiger charge is 2.30. The molecule has 1 heterocycles. The highest BCUT2D eigenvalue weighted by molar-refractivity contribution is 5.39. The summed E-state index contributed by atoms with van der Waals surface area (Å²) in [7, 11) is 0. The molecule has 0 saturated carbocycles. The van der Waals surface area contributed by atoms with Crippen molar-refractivity contribution >= 4 is 0 Å². The fraction of sp³-hybridized carbons (Fsp3) is 0.167. The number of benzene rings is 1. The second-order valence-corrected chi connectivity index (χ2v) is 3.57. The van der Waals surface area contributed by atoms with E-state index in [-0.39, 0.29) is 12.4 Å². The number of hydrogen-bond donors (Lipinski definition) is 1. The van der Waals surface area contributed by atoms with Gasteiger partial charge in [0.05, 0.1) is 6.61 Å². The average Bonchev–Trinajstić information content (AvgIpc) is 2.76. The molecule has 0 saturated heterocycles. The van der Waals surface area contributed by atoms with Gasteiger partial charge in [-0.2, -0.15) is 0 Å². The maximum Gasteiger partial charge on any atom is 0.573 e. The summed E-state index contributed by atoms with van der Waals surface area (Å²) in [5, 5.41) is 9.08. The first kappa shape index (κ1) is 12.5. The molecule has 0 aliphatic heterocycles. The first-order chi connectivity index (χ1) is 8.49. The van der Waals surface area contributed by atoms with E-state index in [1.54, 1.807) is 22.9 Å². The Labute approximate surface area is 101 Å². The fourth-order valence-corrected chi connectivity index (χ4v) is 1.61. The number of nitrogens with zero attached hydrogens (tertiary/aromatic N) is 1. The van der Waals surface area contributed by atoms with E-state index in [4.69, 9.17) is 5.11 Å². The van der Waals surface area contributed by atoms with Gasteiger partial charge in [-0.3, -0.25) is 0 Å². The number of rotatable bonds is 3. The molecule has 0 amide bonds. The Morgan fingerprint density at radius 3 is 2.33 bits per heavy atom. The van der Waals surface area contributed by atoms with E-state index in [0.717, 1.165) is 0 Å². The largest absolute Gasteiger partial charge is 0.573 e. The van der Waals surface area contributed by atoms with Crippen molar-refractivity contribution < 1.29 is 23.0 Å². The molecular weight excluding hydrogens is 247 g/mol. The topological polar surface area (TPSA) is 34.4 Å². The van der Waals surface area contributed by atoms with Crippen molar-refractivity contribution in [1.29, 1.82) is 0 Å². The molecule has 0 fully saturated rings. The summed E-state index contributed by atoms with van der Waals surface area (Å²) in [6.07, 6.45) is -2.98. The molecule has 1 aromatic heterocycles. The van der Waals surface area contributed by atoms with Crippen molar-refractivity contribution in [2.75, 3.05) is 0 Å². The Bertz CT molecular complexity index is 517. The summed E-state index contributed by atoms with van der Waals surface area (Å²) < 4.78 is 41.4. The fourth-order valence-electron chi connectivity index (χ4n) is 1.61.